The third-order valence-corrected chi connectivity index (χ3v) is 5.80. The van der Waals surface area contributed by atoms with Gasteiger partial charge in [-0.2, -0.15) is 0 Å². The first-order chi connectivity index (χ1) is 13.9. The van der Waals surface area contributed by atoms with Gasteiger partial charge in [0.25, 0.3) is 0 Å². The number of ether oxygens (including phenoxy) is 1. The molecule has 0 radical (unpaired) electrons. The van der Waals surface area contributed by atoms with Crippen LogP contribution in [-0.4, -0.2) is 16.9 Å². The van der Waals surface area contributed by atoms with E-state index in [0.29, 0.717) is 16.9 Å². The fraction of sp³-hybridized carbons (Fsp3) is 0.0833. The van der Waals surface area contributed by atoms with E-state index < -0.39 is 5.97 Å². The summed E-state index contributed by atoms with van der Waals surface area (Å²) >= 11 is 1.46. The number of carbonyl (C=O) groups is 2. The van der Waals surface area contributed by atoms with Gasteiger partial charge in [-0.15, -0.1) is 11.3 Å². The van der Waals surface area contributed by atoms with Crippen LogP contribution in [0.2, 0.25) is 0 Å². The van der Waals surface area contributed by atoms with Gasteiger partial charge >= 0.3 is 5.97 Å². The van der Waals surface area contributed by atoms with Crippen molar-refractivity contribution in [1.29, 1.82) is 0 Å². The number of esters is 1. The Morgan fingerprint density at radius 2 is 1.62 bits per heavy atom. The molecule has 5 heteroatoms. The second-order valence-corrected chi connectivity index (χ2v) is 7.85. The van der Waals surface area contributed by atoms with Crippen LogP contribution >= 0.6 is 11.3 Å². The number of carbonyl (C=O) groups excluding carboxylic acids is 2. The second kappa shape index (κ2) is 7.53. The van der Waals surface area contributed by atoms with Gasteiger partial charge in [0.05, 0.1) is 0 Å². The molecule has 0 fully saturated rings. The Morgan fingerprint density at radius 3 is 2.28 bits per heavy atom. The maximum atomic E-state index is 13.4. The first-order valence-corrected chi connectivity index (χ1v) is 9.90. The molecule has 4 nitrogen and oxygen atoms in total. The number of hydrogen-bond acceptors (Lipinski definition) is 5. The summed E-state index contributed by atoms with van der Waals surface area (Å²) in [6.45, 7) is 3.33. The highest BCUT2D eigenvalue weighted by Gasteiger charge is 2.22. The maximum Gasteiger partial charge on any atom is 0.308 e. The minimum atomic E-state index is -0.393. The number of aromatic hydroxyl groups is 1. The van der Waals surface area contributed by atoms with E-state index in [0.717, 1.165) is 26.1 Å². The van der Waals surface area contributed by atoms with Crippen molar-refractivity contribution in [3.8, 4) is 21.9 Å². The van der Waals surface area contributed by atoms with Gasteiger partial charge in [0, 0.05) is 33.0 Å². The number of thiophene rings is 1. The molecule has 0 atom stereocenters. The number of aryl methyl sites for hydroxylation is 1. The summed E-state index contributed by atoms with van der Waals surface area (Å²) in [5, 5.41) is 10.4. The fourth-order valence-electron chi connectivity index (χ4n) is 3.20. The van der Waals surface area contributed by atoms with Gasteiger partial charge in [-0.05, 0) is 55.0 Å². The number of hydrogen-bond donors (Lipinski definition) is 1. The molecule has 4 aromatic rings. The van der Waals surface area contributed by atoms with Crippen LogP contribution in [0, 0.1) is 6.92 Å². The Labute approximate surface area is 172 Å². The highest BCUT2D eigenvalue weighted by molar-refractivity contribution is 7.22. The van der Waals surface area contributed by atoms with Crippen molar-refractivity contribution in [2.24, 2.45) is 0 Å². The van der Waals surface area contributed by atoms with Crippen molar-refractivity contribution in [1.82, 2.24) is 0 Å². The molecule has 0 saturated carbocycles. The average Bonchev–Trinajstić information content (AvgIpc) is 3.06. The minimum Gasteiger partial charge on any atom is -0.508 e. The summed E-state index contributed by atoms with van der Waals surface area (Å²) < 4.78 is 6.05. The van der Waals surface area contributed by atoms with Crippen molar-refractivity contribution in [3.63, 3.8) is 0 Å². The smallest absolute Gasteiger partial charge is 0.308 e. The summed E-state index contributed by atoms with van der Waals surface area (Å²) in [4.78, 5) is 25.5. The monoisotopic (exact) mass is 402 g/mol. The first kappa shape index (κ1) is 18.9. The second-order valence-electron chi connectivity index (χ2n) is 6.80. The van der Waals surface area contributed by atoms with Crippen molar-refractivity contribution in [3.05, 3.63) is 83.4 Å². The minimum absolute atomic E-state index is 0.0699. The zero-order valence-electron chi connectivity index (χ0n) is 15.9. The Kier molecular flexibility index (Phi) is 4.91. The lowest BCUT2D eigenvalue weighted by atomic mass is 9.97. The highest BCUT2D eigenvalue weighted by Crippen LogP contribution is 2.41. The van der Waals surface area contributed by atoms with Crippen LogP contribution in [0.25, 0.3) is 20.5 Å². The topological polar surface area (TPSA) is 63.6 Å². The number of fused-ring (bicyclic) bond motifs is 1. The zero-order chi connectivity index (χ0) is 20.5. The van der Waals surface area contributed by atoms with Crippen LogP contribution < -0.4 is 4.74 Å². The van der Waals surface area contributed by atoms with Gasteiger partial charge in [0.15, 0.2) is 5.78 Å². The quantitative estimate of drug-likeness (QED) is 0.269. The van der Waals surface area contributed by atoms with Crippen molar-refractivity contribution >= 4 is 33.2 Å². The maximum absolute atomic E-state index is 13.4. The highest BCUT2D eigenvalue weighted by atomic mass is 32.1. The van der Waals surface area contributed by atoms with Gasteiger partial charge in [0.2, 0.25) is 0 Å². The summed E-state index contributed by atoms with van der Waals surface area (Å²) in [7, 11) is 0. The molecule has 0 amide bonds. The van der Waals surface area contributed by atoms with Crippen molar-refractivity contribution in [2.45, 2.75) is 13.8 Å². The lowest BCUT2D eigenvalue weighted by Gasteiger charge is -2.06. The predicted octanol–water partition coefficient (Wildman–Crippen LogP) is 5.74. The Morgan fingerprint density at radius 1 is 0.931 bits per heavy atom. The SMILES string of the molecule is CC(=O)Oc1ccc2c(C(=O)c3ccc(C)cc3)c(-c3ccc(O)cc3)sc2c1. The lowest BCUT2D eigenvalue weighted by Crippen LogP contribution is -2.02. The number of ketones is 1. The van der Waals surface area contributed by atoms with E-state index in [9.17, 15) is 14.7 Å². The summed E-state index contributed by atoms with van der Waals surface area (Å²) in [6, 6.07) is 19.6. The molecule has 0 bridgehead atoms. The van der Waals surface area contributed by atoms with E-state index in [4.69, 9.17) is 4.74 Å². The molecule has 0 unspecified atom stereocenters. The van der Waals surface area contributed by atoms with E-state index >= 15 is 0 Å². The molecule has 1 heterocycles. The van der Waals surface area contributed by atoms with Gasteiger partial charge in [-0.25, -0.2) is 0 Å². The number of phenolic OH excluding ortho intramolecular Hbond substituents is 1. The number of phenols is 1. The molecule has 0 spiro atoms. The van der Waals surface area contributed by atoms with Crippen molar-refractivity contribution in [2.75, 3.05) is 0 Å². The standard InChI is InChI=1S/C24H18O4S/c1-14-3-5-16(6-4-14)23(27)22-20-12-11-19(28-15(2)25)13-21(20)29-24(22)17-7-9-18(26)10-8-17/h3-13,26H,1-2H3. The van der Waals surface area contributed by atoms with E-state index in [-0.39, 0.29) is 11.5 Å². The number of rotatable bonds is 4. The molecular formula is C24H18O4S. The molecular weight excluding hydrogens is 384 g/mol. The molecule has 1 N–H and O–H groups in total. The summed E-state index contributed by atoms with van der Waals surface area (Å²) in [5.74, 6) is 0.145. The van der Waals surface area contributed by atoms with Crippen LogP contribution in [0.4, 0.5) is 0 Å². The fourth-order valence-corrected chi connectivity index (χ4v) is 4.43. The molecule has 0 aliphatic heterocycles. The largest absolute Gasteiger partial charge is 0.508 e. The predicted molar refractivity (Wildman–Crippen MR) is 115 cm³/mol. The molecule has 3 aromatic carbocycles. The first-order valence-electron chi connectivity index (χ1n) is 9.08. The molecule has 0 saturated heterocycles. The van der Waals surface area contributed by atoms with Crippen LogP contribution in [0.5, 0.6) is 11.5 Å². The normalized spacial score (nSPS) is 10.8. The van der Waals surface area contributed by atoms with Crippen LogP contribution in [0.15, 0.2) is 66.7 Å². The van der Waals surface area contributed by atoms with E-state index in [1.807, 2.05) is 37.3 Å². The Bertz CT molecular complexity index is 1220. The molecule has 4 rings (SSSR count). The lowest BCUT2D eigenvalue weighted by molar-refractivity contribution is -0.131. The van der Waals surface area contributed by atoms with Crippen LogP contribution in [0.1, 0.15) is 28.4 Å². The van der Waals surface area contributed by atoms with Crippen molar-refractivity contribution < 1.29 is 19.4 Å². The molecule has 0 aliphatic rings. The summed E-state index contributed by atoms with van der Waals surface area (Å²) in [6.07, 6.45) is 0. The Balaban J connectivity index is 1.92. The Hall–Kier alpha value is -3.44. The number of benzene rings is 3. The van der Waals surface area contributed by atoms with E-state index in [1.54, 1.807) is 36.4 Å². The average molecular weight is 402 g/mol. The zero-order valence-corrected chi connectivity index (χ0v) is 16.7. The molecule has 1 aromatic heterocycles. The van der Waals surface area contributed by atoms with E-state index in [1.165, 1.54) is 18.3 Å². The molecule has 29 heavy (non-hydrogen) atoms. The van der Waals surface area contributed by atoms with Crippen LogP contribution in [-0.2, 0) is 4.79 Å². The van der Waals surface area contributed by atoms with Gasteiger partial charge in [-0.1, -0.05) is 29.8 Å². The van der Waals surface area contributed by atoms with Gasteiger partial charge < -0.3 is 9.84 Å². The third-order valence-electron chi connectivity index (χ3n) is 4.59. The van der Waals surface area contributed by atoms with Gasteiger partial charge in [0.1, 0.15) is 11.5 Å². The molecule has 144 valence electrons. The molecule has 0 aliphatic carbocycles. The summed E-state index contributed by atoms with van der Waals surface area (Å²) in [5.41, 5.74) is 3.14. The van der Waals surface area contributed by atoms with E-state index in [2.05, 4.69) is 0 Å². The van der Waals surface area contributed by atoms with Gasteiger partial charge in [-0.3, -0.25) is 9.59 Å². The third kappa shape index (κ3) is 3.77. The van der Waals surface area contributed by atoms with Crippen LogP contribution in [0.3, 0.4) is 0 Å².